The molecule has 2 rings (SSSR count). The topological polar surface area (TPSA) is 77.2 Å². The predicted octanol–water partition coefficient (Wildman–Crippen LogP) is 0.847. The van der Waals surface area contributed by atoms with Crippen molar-refractivity contribution in [3.63, 3.8) is 0 Å². The van der Waals surface area contributed by atoms with E-state index in [-0.39, 0.29) is 10.3 Å². The highest BCUT2D eigenvalue weighted by molar-refractivity contribution is 7.89. The maximum absolute atomic E-state index is 11.4. The average Bonchev–Trinajstić information content (AvgIpc) is 2.34. The van der Waals surface area contributed by atoms with E-state index in [1.807, 2.05) is 0 Å². The Bertz CT molecular complexity index is 708. The lowest BCUT2D eigenvalue weighted by atomic mass is 10.2. The van der Waals surface area contributed by atoms with Gasteiger partial charge in [-0.3, -0.25) is 4.79 Å². The van der Waals surface area contributed by atoms with Crippen LogP contribution in [0.2, 0.25) is 0 Å². The molecule has 0 saturated carbocycles. The van der Waals surface area contributed by atoms with Crippen molar-refractivity contribution >= 4 is 20.8 Å². The van der Waals surface area contributed by atoms with Crippen molar-refractivity contribution < 1.29 is 8.42 Å². The Hall–Kier alpha value is -1.72. The van der Waals surface area contributed by atoms with Crippen LogP contribution in [0, 0.1) is 0 Å². The number of hydrogen-bond donors (Lipinski definition) is 1. The minimum absolute atomic E-state index is 0.0369. The Labute approximate surface area is 92.4 Å². The Morgan fingerprint density at radius 1 is 1.00 bits per heavy atom. The summed E-state index contributed by atoms with van der Waals surface area (Å²) >= 11 is 0. The summed E-state index contributed by atoms with van der Waals surface area (Å²) in [6.45, 7) is 0. The first-order valence-electron chi connectivity index (χ1n) is 4.54. The van der Waals surface area contributed by atoms with Crippen LogP contribution >= 0.6 is 0 Å². The van der Waals surface area contributed by atoms with Crippen LogP contribution in [0.25, 0.3) is 10.8 Å². The van der Waals surface area contributed by atoms with Gasteiger partial charge in [0, 0.05) is 5.39 Å². The molecular weight excluding hydrogens is 226 g/mol. The minimum Gasteiger partial charge on any atom is -0.290 e. The highest BCUT2D eigenvalue weighted by Crippen LogP contribution is 2.18. The largest absolute Gasteiger partial charge is 0.290 e. The molecule has 4 nitrogen and oxygen atoms in total. The summed E-state index contributed by atoms with van der Waals surface area (Å²) in [4.78, 5) is 11.3. The number of primary sulfonamides is 1. The molecule has 0 atom stereocenters. The van der Waals surface area contributed by atoms with E-state index in [0.717, 1.165) is 0 Å². The van der Waals surface area contributed by atoms with Crippen molar-refractivity contribution in [2.45, 2.75) is 4.90 Å². The summed E-state index contributed by atoms with van der Waals surface area (Å²) in [6, 6.07) is 10.5. The second-order valence-corrected chi connectivity index (χ2v) is 4.91. The zero-order valence-corrected chi connectivity index (χ0v) is 9.07. The molecule has 5 heteroatoms. The first-order chi connectivity index (χ1) is 7.48. The Balaban J connectivity index is 3.08. The van der Waals surface area contributed by atoms with Crippen LogP contribution in [-0.2, 0) is 10.0 Å². The van der Waals surface area contributed by atoms with Crippen molar-refractivity contribution in [1.82, 2.24) is 0 Å². The van der Waals surface area contributed by atoms with Crippen molar-refractivity contribution in [1.29, 1.82) is 0 Å². The van der Waals surface area contributed by atoms with Gasteiger partial charge >= 0.3 is 0 Å². The molecule has 0 unspecified atom stereocenters. The van der Waals surface area contributed by atoms with Gasteiger partial charge < -0.3 is 0 Å². The second kappa shape index (κ2) is 3.70. The molecule has 0 amide bonds. The maximum Gasteiger partial charge on any atom is 0.238 e. The normalized spacial score (nSPS) is 11.6. The van der Waals surface area contributed by atoms with E-state index in [2.05, 4.69) is 0 Å². The molecule has 0 aromatic heterocycles. The van der Waals surface area contributed by atoms with Gasteiger partial charge in [0.25, 0.3) is 0 Å². The van der Waals surface area contributed by atoms with Crippen LogP contribution in [0.4, 0.5) is 0 Å². The van der Waals surface area contributed by atoms with Gasteiger partial charge in [-0.25, -0.2) is 13.6 Å². The highest BCUT2D eigenvalue weighted by atomic mass is 32.2. The molecule has 0 spiro atoms. The maximum atomic E-state index is 11.4. The molecule has 0 radical (unpaired) electrons. The third-order valence-corrected chi connectivity index (χ3v) is 3.20. The highest BCUT2D eigenvalue weighted by Gasteiger charge is 2.10. The fourth-order valence-electron chi connectivity index (χ4n) is 1.54. The van der Waals surface area contributed by atoms with E-state index in [1.54, 1.807) is 24.3 Å². The Kier molecular flexibility index (Phi) is 2.49. The summed E-state index contributed by atoms with van der Waals surface area (Å²) in [7, 11) is -3.83. The van der Waals surface area contributed by atoms with Gasteiger partial charge in [0.2, 0.25) is 10.0 Å². The second-order valence-electron chi connectivity index (χ2n) is 3.38. The van der Waals surface area contributed by atoms with Gasteiger partial charge in [-0.05, 0) is 23.6 Å². The third kappa shape index (κ3) is 1.95. The van der Waals surface area contributed by atoms with Crippen LogP contribution in [0.3, 0.4) is 0 Å². The Morgan fingerprint density at radius 2 is 1.69 bits per heavy atom. The molecular formula is C11H9NO3S. The quantitative estimate of drug-likeness (QED) is 0.795. The molecule has 0 heterocycles. The molecule has 0 aliphatic rings. The lowest BCUT2D eigenvalue weighted by molar-refractivity contribution is 0.598. The first kappa shape index (κ1) is 10.8. The Morgan fingerprint density at radius 3 is 2.38 bits per heavy atom. The van der Waals surface area contributed by atoms with E-state index < -0.39 is 10.0 Å². The summed E-state index contributed by atoms with van der Waals surface area (Å²) in [6.07, 6.45) is 0. The third-order valence-electron chi connectivity index (χ3n) is 2.23. The van der Waals surface area contributed by atoms with Crippen LogP contribution in [-0.4, -0.2) is 8.42 Å². The fraction of sp³-hybridized carbons (Fsp3) is 0. The molecule has 82 valence electrons. The molecule has 2 aromatic rings. The van der Waals surface area contributed by atoms with Crippen molar-refractivity contribution in [2.24, 2.45) is 5.14 Å². The number of sulfonamides is 1. The summed E-state index contributed by atoms with van der Waals surface area (Å²) < 4.78 is 22.7. The van der Waals surface area contributed by atoms with Gasteiger partial charge in [0.05, 0.1) is 4.90 Å². The van der Waals surface area contributed by atoms with Crippen molar-refractivity contribution in [2.75, 3.05) is 0 Å². The fourth-order valence-corrected chi connectivity index (χ4v) is 2.29. The number of fused-ring (bicyclic) bond motifs is 1. The van der Waals surface area contributed by atoms with Gasteiger partial charge in [-0.15, -0.1) is 0 Å². The summed E-state index contributed by atoms with van der Waals surface area (Å²) in [5, 5.41) is 6.11. The number of hydrogen-bond acceptors (Lipinski definition) is 3. The molecule has 0 aliphatic heterocycles. The molecule has 16 heavy (non-hydrogen) atoms. The number of nitrogens with two attached hydrogens (primary N) is 1. The average molecular weight is 235 g/mol. The summed E-state index contributed by atoms with van der Waals surface area (Å²) in [5.74, 6) is 0. The lowest BCUT2D eigenvalue weighted by Crippen LogP contribution is -2.11. The smallest absolute Gasteiger partial charge is 0.238 e. The molecule has 2 aromatic carbocycles. The van der Waals surface area contributed by atoms with Crippen LogP contribution in [0.15, 0.2) is 52.2 Å². The van der Waals surface area contributed by atoms with Gasteiger partial charge in [0.1, 0.15) is 0 Å². The van der Waals surface area contributed by atoms with Crippen LogP contribution in [0.5, 0.6) is 0 Å². The monoisotopic (exact) mass is 235 g/mol. The van der Waals surface area contributed by atoms with Crippen LogP contribution in [0.1, 0.15) is 0 Å². The van der Waals surface area contributed by atoms with E-state index in [1.165, 1.54) is 18.2 Å². The van der Waals surface area contributed by atoms with Crippen molar-refractivity contribution in [3.05, 3.63) is 52.7 Å². The molecule has 2 N–H and O–H groups in total. The molecule has 0 saturated heterocycles. The lowest BCUT2D eigenvalue weighted by Gasteiger charge is -1.98. The van der Waals surface area contributed by atoms with Crippen molar-refractivity contribution in [3.8, 4) is 0 Å². The standard InChI is InChI=1S/C11H9NO3S/c12-16(14,15)11-6-5-9(13)7-8-3-1-2-4-10(8)11/h1-7H,(H2,12,14,15). The van der Waals surface area contributed by atoms with E-state index in [0.29, 0.717) is 10.8 Å². The van der Waals surface area contributed by atoms with Gasteiger partial charge in [-0.1, -0.05) is 24.3 Å². The number of rotatable bonds is 1. The molecule has 0 fully saturated rings. The van der Waals surface area contributed by atoms with Gasteiger partial charge in [0.15, 0.2) is 5.43 Å². The minimum atomic E-state index is -3.83. The molecule has 0 bridgehead atoms. The zero-order valence-electron chi connectivity index (χ0n) is 8.25. The SMILES string of the molecule is NS(=O)(=O)c1ccc(=O)cc2ccccc12. The van der Waals surface area contributed by atoms with E-state index in [9.17, 15) is 13.2 Å². The van der Waals surface area contributed by atoms with Crippen LogP contribution < -0.4 is 10.6 Å². The van der Waals surface area contributed by atoms with E-state index >= 15 is 0 Å². The van der Waals surface area contributed by atoms with Gasteiger partial charge in [-0.2, -0.15) is 0 Å². The molecule has 0 aliphatic carbocycles. The number of benzene rings is 1. The van der Waals surface area contributed by atoms with E-state index in [4.69, 9.17) is 5.14 Å². The first-order valence-corrected chi connectivity index (χ1v) is 6.09. The summed E-state index contributed by atoms with van der Waals surface area (Å²) in [5.41, 5.74) is -0.258. The predicted molar refractivity (Wildman–Crippen MR) is 61.6 cm³/mol. The zero-order chi connectivity index (χ0) is 11.8.